The van der Waals surface area contributed by atoms with Crippen LogP contribution in [-0.2, 0) is 14.3 Å². The maximum atomic E-state index is 13.8. The number of ether oxygens (including phenoxy) is 4. The fourth-order valence-electron chi connectivity index (χ4n) is 5.32. The van der Waals surface area contributed by atoms with Gasteiger partial charge in [-0.25, -0.2) is 0 Å². The van der Waals surface area contributed by atoms with Gasteiger partial charge in [0.05, 0.1) is 13.7 Å². The van der Waals surface area contributed by atoms with Crippen molar-refractivity contribution in [1.29, 1.82) is 0 Å². The molecule has 0 spiro atoms. The number of allylic oxidation sites excluding steroid dienone is 2. The smallest absolute Gasteiger partial charge is 0.315 e. The summed E-state index contributed by atoms with van der Waals surface area (Å²) < 4.78 is 22.9. The highest BCUT2D eigenvalue weighted by molar-refractivity contribution is 9.10. The van der Waals surface area contributed by atoms with Crippen LogP contribution < -0.4 is 14.2 Å². The van der Waals surface area contributed by atoms with E-state index in [4.69, 9.17) is 23.9 Å². The first-order valence-corrected chi connectivity index (χ1v) is 13.3. The molecule has 5 rings (SSSR count). The van der Waals surface area contributed by atoms with Crippen molar-refractivity contribution >= 4 is 33.4 Å². The average Bonchev–Trinajstić information content (AvgIpc) is 3.33. The SMILES string of the molecule is COc1ccc([C@H]2CC(=O)C3=C(C2)N=C(C)C(C(=O)OCC(C)C)[C@@H]3c2cc3c(cc2Br)OCO3)cc1. The van der Waals surface area contributed by atoms with Crippen LogP contribution in [0.5, 0.6) is 17.2 Å². The highest BCUT2D eigenvalue weighted by Crippen LogP contribution is 2.50. The first-order valence-electron chi connectivity index (χ1n) is 12.5. The summed E-state index contributed by atoms with van der Waals surface area (Å²) in [6.45, 7) is 6.27. The first kappa shape index (κ1) is 25.5. The van der Waals surface area contributed by atoms with Crippen LogP contribution in [0.1, 0.15) is 56.6 Å². The molecule has 194 valence electrons. The fourth-order valence-corrected chi connectivity index (χ4v) is 5.89. The molecule has 2 aromatic rings. The Morgan fingerprint density at radius 2 is 1.84 bits per heavy atom. The lowest BCUT2D eigenvalue weighted by Gasteiger charge is -2.37. The van der Waals surface area contributed by atoms with Crippen LogP contribution in [-0.4, -0.2) is 38.0 Å². The summed E-state index contributed by atoms with van der Waals surface area (Å²) in [6, 6.07) is 11.5. The molecule has 8 heteroatoms. The van der Waals surface area contributed by atoms with E-state index in [0.717, 1.165) is 27.0 Å². The number of carbonyl (C=O) groups is 2. The van der Waals surface area contributed by atoms with E-state index in [2.05, 4.69) is 15.9 Å². The molecule has 7 nitrogen and oxygen atoms in total. The van der Waals surface area contributed by atoms with Gasteiger partial charge in [0.15, 0.2) is 17.3 Å². The molecule has 0 saturated heterocycles. The number of benzene rings is 2. The normalized spacial score (nSPS) is 22.6. The lowest BCUT2D eigenvalue weighted by atomic mass is 9.69. The monoisotopic (exact) mass is 567 g/mol. The van der Waals surface area contributed by atoms with Crippen molar-refractivity contribution in [2.45, 2.75) is 45.4 Å². The predicted octanol–water partition coefficient (Wildman–Crippen LogP) is 5.96. The quantitative estimate of drug-likeness (QED) is 0.400. The Bertz CT molecular complexity index is 1300. The highest BCUT2D eigenvalue weighted by atomic mass is 79.9. The number of esters is 1. The molecule has 0 aromatic heterocycles. The second-order valence-electron chi connectivity index (χ2n) is 10.1. The average molecular weight is 568 g/mol. The molecule has 1 aliphatic carbocycles. The topological polar surface area (TPSA) is 83.4 Å². The maximum Gasteiger partial charge on any atom is 0.315 e. The highest BCUT2D eigenvalue weighted by Gasteiger charge is 2.46. The Balaban J connectivity index is 1.58. The van der Waals surface area contributed by atoms with E-state index in [1.54, 1.807) is 7.11 Å². The van der Waals surface area contributed by atoms with Gasteiger partial charge in [-0.05, 0) is 60.6 Å². The third-order valence-corrected chi connectivity index (χ3v) is 7.80. The summed E-state index contributed by atoms with van der Waals surface area (Å²) in [6.07, 6.45) is 0.948. The number of ketones is 1. The Labute approximate surface area is 225 Å². The minimum atomic E-state index is -0.712. The molecule has 1 unspecified atom stereocenters. The molecule has 3 atom stereocenters. The second-order valence-corrected chi connectivity index (χ2v) is 11.0. The van der Waals surface area contributed by atoms with E-state index in [1.807, 2.05) is 57.2 Å². The van der Waals surface area contributed by atoms with Crippen molar-refractivity contribution < 1.29 is 28.5 Å². The van der Waals surface area contributed by atoms with Gasteiger partial charge >= 0.3 is 5.97 Å². The molecule has 0 radical (unpaired) electrons. The van der Waals surface area contributed by atoms with Gasteiger partial charge in [-0.3, -0.25) is 14.6 Å². The number of hydrogen-bond donors (Lipinski definition) is 0. The Kier molecular flexibility index (Phi) is 7.12. The molecule has 0 amide bonds. The molecule has 37 heavy (non-hydrogen) atoms. The van der Waals surface area contributed by atoms with Gasteiger partial charge in [0, 0.05) is 33.8 Å². The standard InChI is InChI=1S/C29H30BrNO6/c1-15(2)13-35-29(33)26-16(3)31-22-9-18(17-5-7-19(34-4)8-6-17)10-23(32)28(22)27(26)20-11-24-25(12-21(20)30)37-14-36-24/h5-8,11-12,15,18,26-27H,9-10,13-14H2,1-4H3/t18-,26?,27+/m1/s1. The van der Waals surface area contributed by atoms with Crippen molar-refractivity contribution in [1.82, 2.24) is 0 Å². The van der Waals surface area contributed by atoms with Crippen molar-refractivity contribution in [2.75, 3.05) is 20.5 Å². The number of Topliss-reactive ketones (excluding diaryl/α,β-unsaturated/α-hetero) is 1. The van der Waals surface area contributed by atoms with E-state index in [9.17, 15) is 9.59 Å². The van der Waals surface area contributed by atoms with Gasteiger partial charge in [0.25, 0.3) is 0 Å². The minimum Gasteiger partial charge on any atom is -0.497 e. The second kappa shape index (κ2) is 10.3. The van der Waals surface area contributed by atoms with E-state index >= 15 is 0 Å². The first-order chi connectivity index (χ1) is 17.8. The van der Waals surface area contributed by atoms with E-state index in [0.29, 0.717) is 42.2 Å². The van der Waals surface area contributed by atoms with Gasteiger partial charge in [-0.15, -0.1) is 0 Å². The number of methoxy groups -OCH3 is 1. The van der Waals surface area contributed by atoms with Gasteiger partial charge in [0.1, 0.15) is 11.7 Å². The molecular weight excluding hydrogens is 538 g/mol. The van der Waals surface area contributed by atoms with Crippen LogP contribution in [0.3, 0.4) is 0 Å². The summed E-state index contributed by atoms with van der Waals surface area (Å²) in [7, 11) is 1.63. The Morgan fingerprint density at radius 3 is 2.51 bits per heavy atom. The lowest BCUT2D eigenvalue weighted by Crippen LogP contribution is -2.38. The molecule has 0 saturated carbocycles. The van der Waals surface area contributed by atoms with E-state index in [-0.39, 0.29) is 30.4 Å². The zero-order chi connectivity index (χ0) is 26.3. The summed E-state index contributed by atoms with van der Waals surface area (Å²) in [4.78, 5) is 32.1. The summed E-state index contributed by atoms with van der Waals surface area (Å²) in [5, 5.41) is 0. The number of carbonyl (C=O) groups excluding carboxylic acids is 2. The molecule has 2 aromatic carbocycles. The zero-order valence-corrected chi connectivity index (χ0v) is 23.0. The number of nitrogens with zero attached hydrogens (tertiary/aromatic N) is 1. The summed E-state index contributed by atoms with van der Waals surface area (Å²) in [5.74, 6) is 0.545. The number of hydrogen-bond acceptors (Lipinski definition) is 7. The Morgan fingerprint density at radius 1 is 1.14 bits per heavy atom. The lowest BCUT2D eigenvalue weighted by molar-refractivity contribution is -0.147. The molecule has 2 aliphatic heterocycles. The van der Waals surface area contributed by atoms with Crippen molar-refractivity contribution in [3.63, 3.8) is 0 Å². The van der Waals surface area contributed by atoms with Crippen LogP contribution in [0.15, 0.2) is 57.1 Å². The van der Waals surface area contributed by atoms with Crippen LogP contribution >= 0.6 is 15.9 Å². The van der Waals surface area contributed by atoms with Crippen LogP contribution in [0.4, 0.5) is 0 Å². The van der Waals surface area contributed by atoms with Gasteiger partial charge in [-0.1, -0.05) is 41.9 Å². The van der Waals surface area contributed by atoms with Crippen LogP contribution in [0.2, 0.25) is 0 Å². The zero-order valence-electron chi connectivity index (χ0n) is 21.4. The molecule has 0 N–H and O–H groups in total. The molecule has 2 heterocycles. The largest absolute Gasteiger partial charge is 0.497 e. The van der Waals surface area contributed by atoms with Crippen LogP contribution in [0, 0.1) is 11.8 Å². The maximum absolute atomic E-state index is 13.8. The fraction of sp³-hybridized carbons (Fsp3) is 0.414. The van der Waals surface area contributed by atoms with Crippen molar-refractivity contribution in [3.8, 4) is 17.2 Å². The van der Waals surface area contributed by atoms with Gasteiger partial charge in [0.2, 0.25) is 6.79 Å². The van der Waals surface area contributed by atoms with Crippen molar-refractivity contribution in [2.24, 2.45) is 16.8 Å². The minimum absolute atomic E-state index is 0.000932. The number of rotatable bonds is 6. The van der Waals surface area contributed by atoms with Gasteiger partial charge < -0.3 is 18.9 Å². The molecule has 0 fully saturated rings. The number of fused-ring (bicyclic) bond motifs is 1. The Hall–Kier alpha value is -3.13. The van der Waals surface area contributed by atoms with Gasteiger partial charge in [-0.2, -0.15) is 0 Å². The molecule has 0 bridgehead atoms. The summed E-state index contributed by atoms with van der Waals surface area (Å²) in [5.41, 5.74) is 3.81. The molecular formula is C29H30BrNO6. The van der Waals surface area contributed by atoms with E-state index in [1.165, 1.54) is 0 Å². The summed E-state index contributed by atoms with van der Waals surface area (Å²) >= 11 is 3.67. The van der Waals surface area contributed by atoms with Crippen molar-refractivity contribution in [3.05, 3.63) is 63.3 Å². The van der Waals surface area contributed by atoms with E-state index < -0.39 is 11.8 Å². The third kappa shape index (κ3) is 4.91. The third-order valence-electron chi connectivity index (χ3n) is 7.12. The van der Waals surface area contributed by atoms with Crippen LogP contribution in [0.25, 0.3) is 0 Å². The number of halogens is 1. The molecule has 3 aliphatic rings. The predicted molar refractivity (Wildman–Crippen MR) is 142 cm³/mol. The number of aliphatic imine (C=N–C) groups is 1.